The Kier molecular flexibility index (Phi) is 4.91. The van der Waals surface area contributed by atoms with Gasteiger partial charge in [-0.3, -0.25) is 4.79 Å². The zero-order valence-corrected chi connectivity index (χ0v) is 13.5. The number of benzene rings is 1. The Balaban J connectivity index is 1.64. The molecule has 0 aliphatic heterocycles. The number of carbonyl (C=O) groups excluding carboxylic acids is 1. The number of aromatic nitrogens is 2. The van der Waals surface area contributed by atoms with Crippen LogP contribution in [0.4, 0.5) is 0 Å². The lowest BCUT2D eigenvalue weighted by molar-refractivity contribution is 0.0942. The Labute approximate surface area is 140 Å². The molecule has 0 unspecified atom stereocenters. The highest BCUT2D eigenvalue weighted by Crippen LogP contribution is 2.09. The van der Waals surface area contributed by atoms with Crippen LogP contribution in [0.5, 0.6) is 5.88 Å². The SMILES string of the molecule is COc1ccc(CNC(=O)c2cccn2Cc2ccccc2)cn1. The largest absolute Gasteiger partial charge is 0.481 e. The van der Waals surface area contributed by atoms with Crippen molar-refractivity contribution in [3.05, 3.63) is 83.8 Å². The molecule has 1 amide bonds. The van der Waals surface area contributed by atoms with Crippen molar-refractivity contribution in [3.8, 4) is 5.88 Å². The van der Waals surface area contributed by atoms with Gasteiger partial charge in [0.1, 0.15) is 5.69 Å². The molecule has 3 aromatic rings. The topological polar surface area (TPSA) is 56.1 Å². The van der Waals surface area contributed by atoms with E-state index in [9.17, 15) is 4.79 Å². The maximum Gasteiger partial charge on any atom is 0.268 e. The summed E-state index contributed by atoms with van der Waals surface area (Å²) < 4.78 is 6.97. The molecule has 24 heavy (non-hydrogen) atoms. The Bertz CT molecular complexity index is 795. The molecular formula is C19H19N3O2. The van der Waals surface area contributed by atoms with Gasteiger partial charge in [-0.25, -0.2) is 4.98 Å². The van der Waals surface area contributed by atoms with Gasteiger partial charge in [0.05, 0.1) is 7.11 Å². The highest BCUT2D eigenvalue weighted by atomic mass is 16.5. The number of carbonyl (C=O) groups is 1. The van der Waals surface area contributed by atoms with Crippen LogP contribution < -0.4 is 10.1 Å². The normalized spacial score (nSPS) is 10.4. The van der Waals surface area contributed by atoms with Crippen LogP contribution in [0, 0.1) is 0 Å². The van der Waals surface area contributed by atoms with Crippen molar-refractivity contribution < 1.29 is 9.53 Å². The molecule has 5 nitrogen and oxygen atoms in total. The van der Waals surface area contributed by atoms with Gasteiger partial charge in [0, 0.05) is 31.5 Å². The van der Waals surface area contributed by atoms with Crippen molar-refractivity contribution in [2.24, 2.45) is 0 Å². The minimum atomic E-state index is -0.105. The van der Waals surface area contributed by atoms with E-state index in [0.717, 1.165) is 11.1 Å². The highest BCUT2D eigenvalue weighted by molar-refractivity contribution is 5.92. The molecule has 3 rings (SSSR count). The first kappa shape index (κ1) is 15.8. The third-order valence-electron chi connectivity index (χ3n) is 3.72. The van der Waals surface area contributed by atoms with Gasteiger partial charge in [-0.2, -0.15) is 0 Å². The molecule has 5 heteroatoms. The summed E-state index contributed by atoms with van der Waals surface area (Å²) in [5.41, 5.74) is 2.72. The van der Waals surface area contributed by atoms with Gasteiger partial charge >= 0.3 is 0 Å². The zero-order chi connectivity index (χ0) is 16.8. The lowest BCUT2D eigenvalue weighted by Crippen LogP contribution is -2.25. The summed E-state index contributed by atoms with van der Waals surface area (Å²) in [4.78, 5) is 16.6. The van der Waals surface area contributed by atoms with Crippen molar-refractivity contribution in [2.75, 3.05) is 7.11 Å². The van der Waals surface area contributed by atoms with Crippen LogP contribution in [0.1, 0.15) is 21.6 Å². The van der Waals surface area contributed by atoms with Gasteiger partial charge in [0.15, 0.2) is 0 Å². The van der Waals surface area contributed by atoms with E-state index in [2.05, 4.69) is 10.3 Å². The summed E-state index contributed by atoms with van der Waals surface area (Å²) in [5.74, 6) is 0.452. The lowest BCUT2D eigenvalue weighted by Gasteiger charge is -2.10. The Morgan fingerprint density at radius 2 is 1.92 bits per heavy atom. The van der Waals surface area contributed by atoms with E-state index in [4.69, 9.17) is 4.74 Å². The van der Waals surface area contributed by atoms with Gasteiger partial charge in [-0.05, 0) is 23.3 Å². The summed E-state index contributed by atoms with van der Waals surface area (Å²) >= 11 is 0. The van der Waals surface area contributed by atoms with Gasteiger partial charge < -0.3 is 14.6 Å². The van der Waals surface area contributed by atoms with Crippen molar-refractivity contribution in [3.63, 3.8) is 0 Å². The third kappa shape index (κ3) is 3.81. The van der Waals surface area contributed by atoms with E-state index >= 15 is 0 Å². The monoisotopic (exact) mass is 321 g/mol. The number of ether oxygens (including phenoxy) is 1. The van der Waals surface area contributed by atoms with Crippen molar-refractivity contribution >= 4 is 5.91 Å². The number of pyridine rings is 1. The smallest absolute Gasteiger partial charge is 0.268 e. The highest BCUT2D eigenvalue weighted by Gasteiger charge is 2.11. The van der Waals surface area contributed by atoms with E-state index in [0.29, 0.717) is 24.7 Å². The maximum absolute atomic E-state index is 12.4. The van der Waals surface area contributed by atoms with Crippen LogP contribution in [0.2, 0.25) is 0 Å². The zero-order valence-electron chi connectivity index (χ0n) is 13.5. The molecule has 2 heterocycles. The molecule has 0 radical (unpaired) electrons. The predicted octanol–water partition coefficient (Wildman–Crippen LogP) is 2.87. The average Bonchev–Trinajstić information content (AvgIpc) is 3.09. The fraction of sp³-hybridized carbons (Fsp3) is 0.158. The minimum absolute atomic E-state index is 0.105. The second-order valence-corrected chi connectivity index (χ2v) is 5.40. The number of hydrogen-bond acceptors (Lipinski definition) is 3. The summed E-state index contributed by atoms with van der Waals surface area (Å²) in [6.45, 7) is 1.09. The summed E-state index contributed by atoms with van der Waals surface area (Å²) in [6.07, 6.45) is 3.61. The second kappa shape index (κ2) is 7.46. The quantitative estimate of drug-likeness (QED) is 0.759. The van der Waals surface area contributed by atoms with Gasteiger partial charge in [-0.1, -0.05) is 36.4 Å². The Morgan fingerprint density at radius 1 is 1.08 bits per heavy atom. The number of amides is 1. The van der Waals surface area contributed by atoms with E-state index in [-0.39, 0.29) is 5.91 Å². The number of rotatable bonds is 6. The van der Waals surface area contributed by atoms with Gasteiger partial charge in [0.25, 0.3) is 5.91 Å². The number of nitrogens with zero attached hydrogens (tertiary/aromatic N) is 2. The Hall–Kier alpha value is -3.08. The van der Waals surface area contributed by atoms with Gasteiger partial charge in [-0.15, -0.1) is 0 Å². The first-order chi connectivity index (χ1) is 11.8. The number of nitrogens with one attached hydrogen (secondary N) is 1. The molecule has 1 aromatic carbocycles. The summed E-state index contributed by atoms with van der Waals surface area (Å²) in [6, 6.07) is 17.4. The molecule has 0 saturated heterocycles. The molecule has 0 fully saturated rings. The molecule has 2 aromatic heterocycles. The minimum Gasteiger partial charge on any atom is -0.481 e. The molecule has 1 N–H and O–H groups in total. The van der Waals surface area contributed by atoms with Crippen LogP contribution in [0.25, 0.3) is 0 Å². The van der Waals surface area contributed by atoms with Crippen molar-refractivity contribution in [1.29, 1.82) is 0 Å². The van der Waals surface area contributed by atoms with E-state index in [1.165, 1.54) is 0 Å². The molecule has 122 valence electrons. The van der Waals surface area contributed by atoms with Crippen LogP contribution >= 0.6 is 0 Å². The average molecular weight is 321 g/mol. The fourth-order valence-electron chi connectivity index (χ4n) is 2.45. The number of methoxy groups -OCH3 is 1. The first-order valence-corrected chi connectivity index (χ1v) is 7.72. The summed E-state index contributed by atoms with van der Waals surface area (Å²) in [5, 5.41) is 2.92. The molecule has 0 saturated carbocycles. The molecule has 0 atom stereocenters. The van der Waals surface area contributed by atoms with E-state index in [1.54, 1.807) is 19.4 Å². The number of hydrogen-bond donors (Lipinski definition) is 1. The standard InChI is InChI=1S/C19H19N3O2/c1-24-18-10-9-16(12-20-18)13-21-19(23)17-8-5-11-22(17)14-15-6-3-2-4-7-15/h2-12H,13-14H2,1H3,(H,21,23). The van der Waals surface area contributed by atoms with E-state index < -0.39 is 0 Å². The van der Waals surface area contributed by atoms with Gasteiger partial charge in [0.2, 0.25) is 5.88 Å². The van der Waals surface area contributed by atoms with Crippen LogP contribution in [0.15, 0.2) is 67.0 Å². The second-order valence-electron chi connectivity index (χ2n) is 5.40. The van der Waals surface area contributed by atoms with Crippen LogP contribution in [0.3, 0.4) is 0 Å². The Morgan fingerprint density at radius 3 is 2.62 bits per heavy atom. The molecule has 0 bridgehead atoms. The fourth-order valence-corrected chi connectivity index (χ4v) is 2.45. The maximum atomic E-state index is 12.4. The van der Waals surface area contributed by atoms with Crippen LogP contribution in [-0.4, -0.2) is 22.6 Å². The predicted molar refractivity (Wildman–Crippen MR) is 91.9 cm³/mol. The van der Waals surface area contributed by atoms with E-state index in [1.807, 2.05) is 59.3 Å². The van der Waals surface area contributed by atoms with Crippen LogP contribution in [-0.2, 0) is 13.1 Å². The van der Waals surface area contributed by atoms with Crippen molar-refractivity contribution in [2.45, 2.75) is 13.1 Å². The van der Waals surface area contributed by atoms with Crippen molar-refractivity contribution in [1.82, 2.24) is 14.9 Å². The lowest BCUT2D eigenvalue weighted by atomic mass is 10.2. The molecule has 0 aliphatic rings. The summed E-state index contributed by atoms with van der Waals surface area (Å²) in [7, 11) is 1.57. The third-order valence-corrected chi connectivity index (χ3v) is 3.72. The molecular weight excluding hydrogens is 302 g/mol. The first-order valence-electron chi connectivity index (χ1n) is 7.72. The molecule has 0 spiro atoms. The molecule has 0 aliphatic carbocycles.